The third kappa shape index (κ3) is 5.25. The van der Waals surface area contributed by atoms with Gasteiger partial charge in [0, 0.05) is 22.5 Å². The summed E-state index contributed by atoms with van der Waals surface area (Å²) in [5.74, 6) is 0. The van der Waals surface area contributed by atoms with Crippen LogP contribution in [-0.2, 0) is 0 Å². The van der Waals surface area contributed by atoms with Gasteiger partial charge in [-0.05, 0) is 117 Å². The van der Waals surface area contributed by atoms with Crippen molar-refractivity contribution in [2.75, 3.05) is 0 Å². The molecule has 6 aromatic carbocycles. The van der Waals surface area contributed by atoms with Crippen molar-refractivity contribution in [1.29, 1.82) is 0 Å². The first-order chi connectivity index (χ1) is 22.6. The molecule has 218 valence electrons. The largest absolute Gasteiger partial charge is 0.258 e. The number of pyridine rings is 2. The lowest BCUT2D eigenvalue weighted by atomic mass is 9.89. The van der Waals surface area contributed by atoms with Crippen LogP contribution in [0.15, 0.2) is 158 Å². The van der Waals surface area contributed by atoms with Crippen molar-refractivity contribution in [2.24, 2.45) is 0 Å². The summed E-state index contributed by atoms with van der Waals surface area (Å²) < 4.78 is 0. The van der Waals surface area contributed by atoms with Crippen LogP contribution in [0.25, 0.3) is 77.4 Å². The smallest absolute Gasteiger partial charge is 0.0716 e. The second-order valence-electron chi connectivity index (χ2n) is 12.0. The van der Waals surface area contributed by atoms with Crippen molar-refractivity contribution in [2.45, 2.75) is 13.8 Å². The Morgan fingerprint density at radius 2 is 0.826 bits per heavy atom. The number of rotatable bonds is 5. The Bertz CT molecular complexity index is 2300. The van der Waals surface area contributed by atoms with Crippen molar-refractivity contribution in [3.05, 3.63) is 169 Å². The Morgan fingerprint density at radius 1 is 0.326 bits per heavy atom. The Morgan fingerprint density at radius 3 is 1.54 bits per heavy atom. The van der Waals surface area contributed by atoms with Crippen molar-refractivity contribution >= 4 is 21.5 Å². The first kappa shape index (κ1) is 27.7. The molecule has 46 heavy (non-hydrogen) atoms. The average molecular weight is 589 g/mol. The summed E-state index contributed by atoms with van der Waals surface area (Å²) in [5, 5.41) is 4.99. The lowest BCUT2D eigenvalue weighted by Gasteiger charge is -2.16. The molecule has 0 aliphatic carbocycles. The SMILES string of the molecule is Cc1cc(-c2cc(-c3cc(-c4ccccc4)cc(-c4ccccc4)n3)cc(-c3cc4ccccc4c4ccccc34)c2)cc(C)n1. The van der Waals surface area contributed by atoms with E-state index in [1.54, 1.807) is 0 Å². The molecule has 0 amide bonds. The quantitative estimate of drug-likeness (QED) is 0.187. The molecule has 2 aromatic heterocycles. The maximum atomic E-state index is 5.30. The van der Waals surface area contributed by atoms with Crippen molar-refractivity contribution in [1.82, 2.24) is 9.97 Å². The van der Waals surface area contributed by atoms with Gasteiger partial charge in [-0.25, -0.2) is 4.98 Å². The minimum atomic E-state index is 0.941. The van der Waals surface area contributed by atoms with E-state index in [1.807, 2.05) is 6.07 Å². The number of nitrogens with zero attached hydrogens (tertiary/aromatic N) is 2. The highest BCUT2D eigenvalue weighted by molar-refractivity contribution is 6.14. The van der Waals surface area contributed by atoms with Crippen molar-refractivity contribution in [3.8, 4) is 55.9 Å². The second-order valence-corrected chi connectivity index (χ2v) is 12.0. The molecule has 0 aliphatic rings. The summed E-state index contributed by atoms with van der Waals surface area (Å²) in [7, 11) is 0. The molecule has 0 atom stereocenters. The fourth-order valence-corrected chi connectivity index (χ4v) is 6.62. The molecule has 0 saturated heterocycles. The van der Waals surface area contributed by atoms with E-state index in [2.05, 4.69) is 170 Å². The number of aromatic nitrogens is 2. The molecule has 2 heteroatoms. The van der Waals surface area contributed by atoms with E-state index in [0.29, 0.717) is 0 Å². The number of hydrogen-bond acceptors (Lipinski definition) is 2. The number of hydrogen-bond donors (Lipinski definition) is 0. The highest BCUT2D eigenvalue weighted by Crippen LogP contribution is 2.40. The molecule has 0 radical (unpaired) electrons. The summed E-state index contributed by atoms with van der Waals surface area (Å²) in [6, 6.07) is 56.5. The van der Waals surface area contributed by atoms with Gasteiger partial charge < -0.3 is 0 Å². The minimum absolute atomic E-state index is 0.941. The molecule has 0 fully saturated rings. The fourth-order valence-electron chi connectivity index (χ4n) is 6.62. The summed E-state index contributed by atoms with van der Waals surface area (Å²) in [5.41, 5.74) is 13.1. The standard InChI is InChI=1S/C44H32N2/c1-29-21-34(22-30(2)45-29)35-23-37(42-26-33-17-9-10-18-39(33)40-19-11-12-20-41(40)42)25-38(24-35)44-28-36(31-13-5-3-6-14-31)27-43(46-44)32-15-7-4-8-16-32/h3-28H,1-2H3. The Labute approximate surface area is 269 Å². The molecule has 2 nitrogen and oxygen atoms in total. The van der Waals surface area contributed by atoms with Gasteiger partial charge in [0.25, 0.3) is 0 Å². The summed E-state index contributed by atoms with van der Waals surface area (Å²) in [4.78, 5) is 9.98. The van der Waals surface area contributed by atoms with Crippen LogP contribution >= 0.6 is 0 Å². The molecular weight excluding hydrogens is 556 g/mol. The first-order valence-electron chi connectivity index (χ1n) is 15.7. The zero-order valence-corrected chi connectivity index (χ0v) is 25.9. The van der Waals surface area contributed by atoms with Gasteiger partial charge in [-0.3, -0.25) is 4.98 Å². The van der Waals surface area contributed by atoms with E-state index in [1.165, 1.54) is 32.7 Å². The molecule has 0 unspecified atom stereocenters. The van der Waals surface area contributed by atoms with Crippen LogP contribution < -0.4 is 0 Å². The van der Waals surface area contributed by atoms with E-state index in [0.717, 1.165) is 56.2 Å². The van der Waals surface area contributed by atoms with Gasteiger partial charge in [-0.15, -0.1) is 0 Å². The molecule has 0 saturated carbocycles. The van der Waals surface area contributed by atoms with Crippen LogP contribution in [0.3, 0.4) is 0 Å². The van der Waals surface area contributed by atoms with E-state index < -0.39 is 0 Å². The van der Waals surface area contributed by atoms with E-state index in [-0.39, 0.29) is 0 Å². The third-order valence-corrected chi connectivity index (χ3v) is 8.72. The molecule has 2 heterocycles. The normalized spacial score (nSPS) is 11.3. The van der Waals surface area contributed by atoms with E-state index in [9.17, 15) is 0 Å². The van der Waals surface area contributed by atoms with E-state index >= 15 is 0 Å². The second kappa shape index (κ2) is 11.6. The molecular formula is C44H32N2. The monoisotopic (exact) mass is 588 g/mol. The van der Waals surface area contributed by atoms with Crippen LogP contribution in [0.1, 0.15) is 11.4 Å². The lowest BCUT2D eigenvalue weighted by Crippen LogP contribution is -1.94. The minimum Gasteiger partial charge on any atom is -0.258 e. The van der Waals surface area contributed by atoms with Gasteiger partial charge in [-0.2, -0.15) is 0 Å². The van der Waals surface area contributed by atoms with Gasteiger partial charge in [0.05, 0.1) is 11.4 Å². The van der Waals surface area contributed by atoms with Crippen LogP contribution in [0.2, 0.25) is 0 Å². The maximum absolute atomic E-state index is 5.30. The van der Waals surface area contributed by atoms with Gasteiger partial charge in [0.2, 0.25) is 0 Å². The van der Waals surface area contributed by atoms with Crippen LogP contribution in [-0.4, -0.2) is 9.97 Å². The molecule has 0 N–H and O–H groups in total. The summed E-state index contributed by atoms with van der Waals surface area (Å²) >= 11 is 0. The highest BCUT2D eigenvalue weighted by Gasteiger charge is 2.15. The fraction of sp³-hybridized carbons (Fsp3) is 0.0455. The predicted molar refractivity (Wildman–Crippen MR) is 194 cm³/mol. The van der Waals surface area contributed by atoms with Crippen LogP contribution in [0, 0.1) is 13.8 Å². The van der Waals surface area contributed by atoms with Crippen molar-refractivity contribution in [3.63, 3.8) is 0 Å². The zero-order chi connectivity index (χ0) is 31.0. The summed E-state index contributed by atoms with van der Waals surface area (Å²) in [6.45, 7) is 4.13. The van der Waals surface area contributed by atoms with Crippen LogP contribution in [0.4, 0.5) is 0 Å². The molecule has 0 bridgehead atoms. The maximum Gasteiger partial charge on any atom is 0.0716 e. The number of fused-ring (bicyclic) bond motifs is 3. The third-order valence-electron chi connectivity index (χ3n) is 8.72. The van der Waals surface area contributed by atoms with Gasteiger partial charge >= 0.3 is 0 Å². The lowest BCUT2D eigenvalue weighted by molar-refractivity contribution is 1.12. The highest BCUT2D eigenvalue weighted by atomic mass is 14.7. The Kier molecular flexibility index (Phi) is 6.96. The molecule has 8 rings (SSSR count). The van der Waals surface area contributed by atoms with Gasteiger partial charge in [0.15, 0.2) is 0 Å². The Hall–Kier alpha value is -5.86. The number of benzene rings is 6. The van der Waals surface area contributed by atoms with Gasteiger partial charge in [-0.1, -0.05) is 109 Å². The predicted octanol–water partition coefficient (Wildman–Crippen LogP) is 11.7. The van der Waals surface area contributed by atoms with Gasteiger partial charge in [0.1, 0.15) is 0 Å². The summed E-state index contributed by atoms with van der Waals surface area (Å²) in [6.07, 6.45) is 0. The molecule has 0 spiro atoms. The van der Waals surface area contributed by atoms with Crippen molar-refractivity contribution < 1.29 is 0 Å². The van der Waals surface area contributed by atoms with Crippen LogP contribution in [0.5, 0.6) is 0 Å². The first-order valence-corrected chi connectivity index (χ1v) is 15.7. The topological polar surface area (TPSA) is 25.8 Å². The molecule has 0 aliphatic heterocycles. The Balaban J connectivity index is 1.42. The number of aryl methyl sites for hydroxylation is 2. The zero-order valence-electron chi connectivity index (χ0n) is 25.9. The van der Waals surface area contributed by atoms with E-state index in [4.69, 9.17) is 4.98 Å². The molecule has 8 aromatic rings. The average Bonchev–Trinajstić information content (AvgIpc) is 3.11.